The molecule has 1 aromatic rings. The van der Waals surface area contributed by atoms with Crippen LogP contribution in [0.5, 0.6) is 0 Å². The number of amides is 1. The first-order chi connectivity index (χ1) is 6.44. The van der Waals surface area contributed by atoms with Crippen LogP contribution in [0.15, 0.2) is 16.6 Å². The van der Waals surface area contributed by atoms with Crippen molar-refractivity contribution in [1.29, 1.82) is 0 Å². The third-order valence-electron chi connectivity index (χ3n) is 2.67. The second kappa shape index (κ2) is 2.81. The van der Waals surface area contributed by atoms with Crippen molar-refractivity contribution >= 4 is 27.5 Å². The smallest absolute Gasteiger partial charge is 0.248 e. The first-order valence-corrected chi connectivity index (χ1v) is 5.14. The summed E-state index contributed by atoms with van der Waals surface area (Å²) in [4.78, 5) is 11.6. The minimum Gasteiger partial charge on any atom is -0.324 e. The second-order valence-electron chi connectivity index (χ2n) is 3.75. The maximum atomic E-state index is 11.6. The number of benzene rings is 1. The Balaban J connectivity index is 2.70. The molecule has 0 aromatic heterocycles. The number of rotatable bonds is 0. The van der Waals surface area contributed by atoms with Gasteiger partial charge in [-0.1, -0.05) is 22.0 Å². The third kappa shape index (κ3) is 1.11. The van der Waals surface area contributed by atoms with E-state index in [1.807, 2.05) is 19.1 Å². The van der Waals surface area contributed by atoms with Crippen molar-refractivity contribution in [2.45, 2.75) is 19.4 Å². The fourth-order valence-electron chi connectivity index (χ4n) is 1.65. The van der Waals surface area contributed by atoms with Gasteiger partial charge in [-0.3, -0.25) is 4.79 Å². The quantitative estimate of drug-likeness (QED) is 0.743. The highest BCUT2D eigenvalue weighted by atomic mass is 79.9. The van der Waals surface area contributed by atoms with Crippen LogP contribution in [-0.2, 0) is 10.3 Å². The van der Waals surface area contributed by atoms with E-state index in [4.69, 9.17) is 5.73 Å². The van der Waals surface area contributed by atoms with Crippen molar-refractivity contribution in [2.24, 2.45) is 5.73 Å². The van der Waals surface area contributed by atoms with Crippen molar-refractivity contribution < 1.29 is 4.79 Å². The predicted octanol–water partition coefficient (Wildman–Crippen LogP) is 1.88. The van der Waals surface area contributed by atoms with Gasteiger partial charge in [0.15, 0.2) is 0 Å². The van der Waals surface area contributed by atoms with Crippen molar-refractivity contribution in [2.75, 3.05) is 5.32 Å². The SMILES string of the molecule is Cc1c(Br)ccc2c1NC(=O)[C@]2(C)N. The van der Waals surface area contributed by atoms with E-state index in [0.717, 1.165) is 21.3 Å². The summed E-state index contributed by atoms with van der Waals surface area (Å²) in [6.45, 7) is 3.67. The largest absolute Gasteiger partial charge is 0.324 e. The summed E-state index contributed by atoms with van der Waals surface area (Å²) in [5.41, 5.74) is 7.75. The van der Waals surface area contributed by atoms with Gasteiger partial charge in [0.1, 0.15) is 5.54 Å². The number of nitrogens with one attached hydrogen (secondary N) is 1. The fraction of sp³-hybridized carbons (Fsp3) is 0.300. The number of fused-ring (bicyclic) bond motifs is 1. The average Bonchev–Trinajstić information content (AvgIpc) is 2.33. The highest BCUT2D eigenvalue weighted by Gasteiger charge is 2.39. The number of anilines is 1. The minimum atomic E-state index is -0.902. The van der Waals surface area contributed by atoms with Gasteiger partial charge in [-0.05, 0) is 25.5 Å². The molecule has 0 radical (unpaired) electrons. The molecule has 1 amide bonds. The van der Waals surface area contributed by atoms with Crippen LogP contribution in [0, 0.1) is 6.92 Å². The van der Waals surface area contributed by atoms with Crippen LogP contribution in [0.3, 0.4) is 0 Å². The molecule has 0 spiro atoms. The Labute approximate surface area is 90.8 Å². The zero-order valence-electron chi connectivity index (χ0n) is 8.02. The number of nitrogens with two attached hydrogens (primary N) is 1. The lowest BCUT2D eigenvalue weighted by atomic mass is 9.94. The summed E-state index contributed by atoms with van der Waals surface area (Å²) >= 11 is 3.41. The van der Waals surface area contributed by atoms with E-state index in [1.165, 1.54) is 0 Å². The monoisotopic (exact) mass is 254 g/mol. The van der Waals surface area contributed by atoms with Gasteiger partial charge in [0.2, 0.25) is 5.91 Å². The Bertz CT molecular complexity index is 426. The van der Waals surface area contributed by atoms with Crippen molar-refractivity contribution in [1.82, 2.24) is 0 Å². The van der Waals surface area contributed by atoms with Crippen LogP contribution in [0.2, 0.25) is 0 Å². The summed E-state index contributed by atoms with van der Waals surface area (Å²) < 4.78 is 0.981. The molecule has 3 nitrogen and oxygen atoms in total. The van der Waals surface area contributed by atoms with Crippen LogP contribution >= 0.6 is 15.9 Å². The van der Waals surface area contributed by atoms with Crippen LogP contribution in [-0.4, -0.2) is 5.91 Å². The molecular formula is C10H11BrN2O. The first kappa shape index (κ1) is 9.68. The lowest BCUT2D eigenvalue weighted by molar-refractivity contribution is -0.120. The van der Waals surface area contributed by atoms with Crippen molar-refractivity contribution in [3.05, 3.63) is 27.7 Å². The van der Waals surface area contributed by atoms with Crippen molar-refractivity contribution in [3.63, 3.8) is 0 Å². The molecule has 1 aliphatic heterocycles. The molecule has 74 valence electrons. The Morgan fingerprint density at radius 2 is 2.14 bits per heavy atom. The number of carbonyl (C=O) groups is 1. The molecular weight excluding hydrogens is 244 g/mol. The number of hydrogen-bond acceptors (Lipinski definition) is 2. The Morgan fingerprint density at radius 1 is 1.50 bits per heavy atom. The van der Waals surface area contributed by atoms with Gasteiger partial charge in [0.25, 0.3) is 0 Å². The zero-order chi connectivity index (χ0) is 10.5. The van der Waals surface area contributed by atoms with Gasteiger partial charge >= 0.3 is 0 Å². The van der Waals surface area contributed by atoms with E-state index in [2.05, 4.69) is 21.2 Å². The van der Waals surface area contributed by atoms with Crippen LogP contribution < -0.4 is 11.1 Å². The summed E-state index contributed by atoms with van der Waals surface area (Å²) in [6.07, 6.45) is 0. The van der Waals surface area contributed by atoms with E-state index in [0.29, 0.717) is 0 Å². The highest BCUT2D eigenvalue weighted by molar-refractivity contribution is 9.10. The highest BCUT2D eigenvalue weighted by Crippen LogP contribution is 2.38. The van der Waals surface area contributed by atoms with Crippen LogP contribution in [0.25, 0.3) is 0 Å². The Kier molecular flexibility index (Phi) is 1.94. The van der Waals surface area contributed by atoms with Gasteiger partial charge in [-0.2, -0.15) is 0 Å². The maximum absolute atomic E-state index is 11.6. The van der Waals surface area contributed by atoms with E-state index in [1.54, 1.807) is 6.92 Å². The molecule has 0 saturated carbocycles. The standard InChI is InChI=1S/C10H11BrN2O/c1-5-7(11)4-3-6-8(5)13-9(14)10(6,2)12/h3-4H,12H2,1-2H3,(H,13,14)/t10-/m1/s1. The molecule has 0 saturated heterocycles. The molecule has 0 aliphatic carbocycles. The third-order valence-corrected chi connectivity index (χ3v) is 3.53. The molecule has 0 bridgehead atoms. The average molecular weight is 255 g/mol. The molecule has 14 heavy (non-hydrogen) atoms. The molecule has 0 unspecified atom stereocenters. The molecule has 0 fully saturated rings. The molecule has 1 atom stereocenters. The normalized spacial score (nSPS) is 24.7. The molecule has 1 aliphatic rings. The van der Waals surface area contributed by atoms with Gasteiger partial charge < -0.3 is 11.1 Å². The van der Waals surface area contributed by atoms with Gasteiger partial charge in [0.05, 0.1) is 5.69 Å². The van der Waals surface area contributed by atoms with E-state index < -0.39 is 5.54 Å². The first-order valence-electron chi connectivity index (χ1n) is 4.34. The molecule has 1 aromatic carbocycles. The summed E-state index contributed by atoms with van der Waals surface area (Å²) in [7, 11) is 0. The fourth-order valence-corrected chi connectivity index (χ4v) is 1.98. The van der Waals surface area contributed by atoms with E-state index in [9.17, 15) is 4.79 Å². The van der Waals surface area contributed by atoms with Gasteiger partial charge in [-0.15, -0.1) is 0 Å². The summed E-state index contributed by atoms with van der Waals surface area (Å²) in [5.74, 6) is -0.145. The van der Waals surface area contributed by atoms with Crippen LogP contribution in [0.1, 0.15) is 18.1 Å². The maximum Gasteiger partial charge on any atom is 0.248 e. The predicted molar refractivity (Wildman–Crippen MR) is 59.0 cm³/mol. The second-order valence-corrected chi connectivity index (χ2v) is 4.61. The number of halogens is 1. The minimum absolute atomic E-state index is 0.145. The van der Waals surface area contributed by atoms with Gasteiger partial charge in [-0.25, -0.2) is 0 Å². The van der Waals surface area contributed by atoms with Crippen molar-refractivity contribution in [3.8, 4) is 0 Å². The summed E-state index contributed by atoms with van der Waals surface area (Å²) in [6, 6.07) is 3.80. The van der Waals surface area contributed by atoms with Gasteiger partial charge in [0, 0.05) is 10.0 Å². The lowest BCUT2D eigenvalue weighted by Crippen LogP contribution is -2.40. The summed E-state index contributed by atoms with van der Waals surface area (Å²) in [5, 5.41) is 2.80. The Morgan fingerprint density at radius 3 is 2.79 bits per heavy atom. The zero-order valence-corrected chi connectivity index (χ0v) is 9.60. The van der Waals surface area contributed by atoms with E-state index in [-0.39, 0.29) is 5.91 Å². The van der Waals surface area contributed by atoms with E-state index >= 15 is 0 Å². The van der Waals surface area contributed by atoms with Crippen LogP contribution in [0.4, 0.5) is 5.69 Å². The molecule has 2 rings (SSSR count). The molecule has 3 N–H and O–H groups in total. The molecule has 4 heteroatoms. The number of carbonyl (C=O) groups excluding carboxylic acids is 1. The lowest BCUT2D eigenvalue weighted by Gasteiger charge is -2.15. The topological polar surface area (TPSA) is 55.1 Å². The molecule has 1 heterocycles. The Hall–Kier alpha value is -0.870. The number of hydrogen-bond donors (Lipinski definition) is 2.